The van der Waals surface area contributed by atoms with E-state index >= 15 is 0 Å². The Labute approximate surface area is 166 Å². The molecule has 2 heterocycles. The second-order valence-corrected chi connectivity index (χ2v) is 6.61. The number of anilines is 1. The molecule has 2 N–H and O–H groups in total. The van der Waals surface area contributed by atoms with Gasteiger partial charge in [0.1, 0.15) is 5.82 Å². The number of hydrogen-bond donors (Lipinski definition) is 2. The molecule has 0 atom stereocenters. The van der Waals surface area contributed by atoms with Crippen LogP contribution in [0.2, 0.25) is 0 Å². The topological polar surface area (TPSA) is 72.9 Å². The zero-order chi connectivity index (χ0) is 19.6. The van der Waals surface area contributed by atoms with Crippen LogP contribution in [-0.2, 0) is 0 Å². The molecular weight excluding hydrogens is 352 g/mol. The minimum atomic E-state index is -0.0318. The van der Waals surface area contributed by atoms with Crippen LogP contribution in [0.15, 0.2) is 59.7 Å². The summed E-state index contributed by atoms with van der Waals surface area (Å²) in [5.41, 5.74) is 0.692. The number of carbonyl (C=O) groups is 1. The third-order valence-electron chi connectivity index (χ3n) is 4.72. The van der Waals surface area contributed by atoms with Crippen LogP contribution in [0.1, 0.15) is 16.8 Å². The summed E-state index contributed by atoms with van der Waals surface area (Å²) < 4.78 is 0. The standard InChI is InChI=1S/C21H28N6O/c1-22-21(25-13-7-12-24-20(28)18-8-3-2-4-9-18)27-16-14-26(15-17-27)19-10-5-6-11-23-19/h2-6,8-11H,7,12-17H2,1H3,(H,22,25)(H,24,28). The van der Waals surface area contributed by atoms with Gasteiger partial charge in [-0.15, -0.1) is 0 Å². The fourth-order valence-corrected chi connectivity index (χ4v) is 3.20. The Bertz CT molecular complexity index is 757. The number of nitrogens with one attached hydrogen (secondary N) is 2. The maximum atomic E-state index is 12.0. The molecule has 0 saturated carbocycles. The molecule has 1 saturated heterocycles. The molecule has 0 spiro atoms. The van der Waals surface area contributed by atoms with Crippen molar-refractivity contribution in [3.63, 3.8) is 0 Å². The van der Waals surface area contributed by atoms with Gasteiger partial charge in [0.05, 0.1) is 0 Å². The van der Waals surface area contributed by atoms with Gasteiger partial charge in [0.2, 0.25) is 0 Å². The van der Waals surface area contributed by atoms with Gasteiger partial charge in [0, 0.05) is 58.1 Å². The number of aliphatic imine (C=N–C) groups is 1. The van der Waals surface area contributed by atoms with Gasteiger partial charge in [-0.1, -0.05) is 24.3 Å². The molecule has 0 bridgehead atoms. The highest BCUT2D eigenvalue weighted by Gasteiger charge is 2.20. The molecule has 1 amide bonds. The predicted octanol–water partition coefficient (Wildman–Crippen LogP) is 1.60. The molecule has 28 heavy (non-hydrogen) atoms. The molecule has 3 rings (SSSR count). The van der Waals surface area contributed by atoms with E-state index in [-0.39, 0.29) is 5.91 Å². The number of pyridine rings is 1. The number of rotatable bonds is 6. The number of piperazine rings is 1. The smallest absolute Gasteiger partial charge is 0.251 e. The van der Waals surface area contributed by atoms with Gasteiger partial charge in [0.15, 0.2) is 5.96 Å². The van der Waals surface area contributed by atoms with Crippen molar-refractivity contribution in [2.75, 3.05) is 51.2 Å². The average Bonchev–Trinajstić information content (AvgIpc) is 2.77. The number of benzene rings is 1. The molecule has 2 aromatic rings. The van der Waals surface area contributed by atoms with Crippen molar-refractivity contribution in [2.45, 2.75) is 6.42 Å². The van der Waals surface area contributed by atoms with Crippen LogP contribution in [0.4, 0.5) is 5.82 Å². The van der Waals surface area contributed by atoms with Gasteiger partial charge in [-0.05, 0) is 30.7 Å². The van der Waals surface area contributed by atoms with Crippen molar-refractivity contribution < 1.29 is 4.79 Å². The Hall–Kier alpha value is -3.09. The first-order valence-corrected chi connectivity index (χ1v) is 9.73. The second-order valence-electron chi connectivity index (χ2n) is 6.61. The summed E-state index contributed by atoms with van der Waals surface area (Å²) in [7, 11) is 1.81. The molecule has 1 aliphatic rings. The first-order valence-electron chi connectivity index (χ1n) is 9.73. The molecule has 0 radical (unpaired) electrons. The molecule has 0 unspecified atom stereocenters. The van der Waals surface area contributed by atoms with Crippen molar-refractivity contribution >= 4 is 17.7 Å². The fourth-order valence-electron chi connectivity index (χ4n) is 3.20. The lowest BCUT2D eigenvalue weighted by atomic mass is 10.2. The normalized spacial score (nSPS) is 14.7. The number of aromatic nitrogens is 1. The summed E-state index contributed by atoms with van der Waals surface area (Å²) in [4.78, 5) is 25.4. The van der Waals surface area contributed by atoms with Gasteiger partial charge in [0.25, 0.3) is 5.91 Å². The summed E-state index contributed by atoms with van der Waals surface area (Å²) in [5.74, 6) is 1.91. The van der Waals surface area contributed by atoms with E-state index in [1.165, 1.54) is 0 Å². The van der Waals surface area contributed by atoms with Crippen LogP contribution in [0.25, 0.3) is 0 Å². The Balaban J connectivity index is 1.35. The average molecular weight is 380 g/mol. The zero-order valence-electron chi connectivity index (χ0n) is 16.3. The lowest BCUT2D eigenvalue weighted by Gasteiger charge is -2.37. The molecule has 0 aliphatic carbocycles. The van der Waals surface area contributed by atoms with Crippen LogP contribution >= 0.6 is 0 Å². The van der Waals surface area contributed by atoms with Gasteiger partial charge in [-0.25, -0.2) is 4.98 Å². The molecule has 7 nitrogen and oxygen atoms in total. The first kappa shape index (κ1) is 19.7. The molecule has 1 fully saturated rings. The van der Waals surface area contributed by atoms with E-state index in [1.807, 2.05) is 61.8 Å². The minimum Gasteiger partial charge on any atom is -0.356 e. The van der Waals surface area contributed by atoms with E-state index in [0.717, 1.165) is 50.9 Å². The van der Waals surface area contributed by atoms with E-state index in [2.05, 4.69) is 30.4 Å². The van der Waals surface area contributed by atoms with Gasteiger partial charge in [-0.3, -0.25) is 9.79 Å². The molecule has 148 valence electrons. The van der Waals surface area contributed by atoms with Crippen molar-refractivity contribution in [3.8, 4) is 0 Å². The number of carbonyl (C=O) groups excluding carboxylic acids is 1. The Morgan fingerprint density at radius 2 is 1.71 bits per heavy atom. The number of hydrogen-bond acceptors (Lipinski definition) is 4. The second kappa shape index (κ2) is 10.3. The Kier molecular flexibility index (Phi) is 7.23. The van der Waals surface area contributed by atoms with E-state index in [4.69, 9.17) is 0 Å². The third kappa shape index (κ3) is 5.45. The molecule has 1 aromatic carbocycles. The van der Waals surface area contributed by atoms with Gasteiger partial charge >= 0.3 is 0 Å². The fraction of sp³-hybridized carbons (Fsp3) is 0.381. The number of amides is 1. The van der Waals surface area contributed by atoms with E-state index < -0.39 is 0 Å². The number of guanidine groups is 1. The zero-order valence-corrected chi connectivity index (χ0v) is 16.3. The SMILES string of the molecule is CN=C(NCCCNC(=O)c1ccccc1)N1CCN(c2ccccn2)CC1. The summed E-state index contributed by atoms with van der Waals surface area (Å²) in [6.07, 6.45) is 2.67. The molecule has 1 aromatic heterocycles. The van der Waals surface area contributed by atoms with Crippen molar-refractivity contribution in [1.29, 1.82) is 0 Å². The van der Waals surface area contributed by atoms with Crippen LogP contribution in [0.3, 0.4) is 0 Å². The molecular formula is C21H28N6O. The highest BCUT2D eigenvalue weighted by atomic mass is 16.1. The maximum absolute atomic E-state index is 12.0. The third-order valence-corrected chi connectivity index (χ3v) is 4.72. The lowest BCUT2D eigenvalue weighted by molar-refractivity contribution is 0.0953. The monoisotopic (exact) mass is 380 g/mol. The van der Waals surface area contributed by atoms with Crippen LogP contribution < -0.4 is 15.5 Å². The highest BCUT2D eigenvalue weighted by molar-refractivity contribution is 5.94. The van der Waals surface area contributed by atoms with Gasteiger partial charge in [-0.2, -0.15) is 0 Å². The maximum Gasteiger partial charge on any atom is 0.251 e. The van der Waals surface area contributed by atoms with Crippen LogP contribution in [0, 0.1) is 0 Å². The molecule has 7 heteroatoms. The van der Waals surface area contributed by atoms with E-state index in [9.17, 15) is 4.79 Å². The van der Waals surface area contributed by atoms with Gasteiger partial charge < -0.3 is 20.4 Å². The van der Waals surface area contributed by atoms with E-state index in [1.54, 1.807) is 0 Å². The van der Waals surface area contributed by atoms with E-state index in [0.29, 0.717) is 12.1 Å². The summed E-state index contributed by atoms with van der Waals surface area (Å²) >= 11 is 0. The largest absolute Gasteiger partial charge is 0.356 e. The Morgan fingerprint density at radius 1 is 1.00 bits per heavy atom. The highest BCUT2D eigenvalue weighted by Crippen LogP contribution is 2.12. The van der Waals surface area contributed by atoms with Crippen molar-refractivity contribution in [2.24, 2.45) is 4.99 Å². The predicted molar refractivity (Wildman–Crippen MR) is 113 cm³/mol. The lowest BCUT2D eigenvalue weighted by Crippen LogP contribution is -2.53. The van der Waals surface area contributed by atoms with Crippen LogP contribution in [0.5, 0.6) is 0 Å². The summed E-state index contributed by atoms with van der Waals surface area (Å²) in [5, 5.41) is 6.35. The summed E-state index contributed by atoms with van der Waals surface area (Å²) in [6.45, 7) is 5.05. The van der Waals surface area contributed by atoms with Crippen molar-refractivity contribution in [1.82, 2.24) is 20.5 Å². The minimum absolute atomic E-state index is 0.0318. The quantitative estimate of drug-likeness (QED) is 0.452. The first-order chi connectivity index (χ1) is 13.8. The number of nitrogens with zero attached hydrogens (tertiary/aromatic N) is 4. The molecule has 1 aliphatic heterocycles. The van der Waals surface area contributed by atoms with Crippen LogP contribution in [-0.4, -0.2) is 68.1 Å². The van der Waals surface area contributed by atoms with Crippen molar-refractivity contribution in [3.05, 3.63) is 60.3 Å². The summed E-state index contributed by atoms with van der Waals surface area (Å²) in [6, 6.07) is 15.3. The Morgan fingerprint density at radius 3 is 2.39 bits per heavy atom.